The van der Waals surface area contributed by atoms with Gasteiger partial charge in [-0.3, -0.25) is 0 Å². The summed E-state index contributed by atoms with van der Waals surface area (Å²) >= 11 is 0. The monoisotopic (exact) mass is 115 g/mol. The zero-order chi connectivity index (χ0) is 5.11. The van der Waals surface area contributed by atoms with E-state index in [-0.39, 0.29) is 0 Å². The van der Waals surface area contributed by atoms with E-state index in [0.29, 0.717) is 0 Å². The molecule has 1 aliphatic rings. The molecule has 1 rings (SSSR count). The molecule has 0 aromatic rings. The van der Waals surface area contributed by atoms with Crippen LogP contribution in [0, 0.1) is 0 Å². The summed E-state index contributed by atoms with van der Waals surface area (Å²) in [5.41, 5.74) is 0. The van der Waals surface area contributed by atoms with Gasteiger partial charge in [0.1, 0.15) is 6.16 Å². The Morgan fingerprint density at radius 3 is 2.57 bits per heavy atom. The molecule has 0 N–H and O–H groups in total. The van der Waals surface area contributed by atoms with Gasteiger partial charge in [-0.1, -0.05) is 10.6 Å². The Hall–Kier alpha value is -0.160. The second kappa shape index (κ2) is 2.23. The third kappa shape index (κ3) is 1.40. The molecule has 1 aliphatic heterocycles. The average molecular weight is 115 g/mol. The molecule has 0 saturated carbocycles. The first-order valence-corrected chi connectivity index (χ1v) is 4.09. The van der Waals surface area contributed by atoms with E-state index in [9.17, 15) is 4.57 Å². The van der Waals surface area contributed by atoms with Gasteiger partial charge in [0.25, 0.3) is 0 Å². The van der Waals surface area contributed by atoms with Crippen molar-refractivity contribution in [2.24, 2.45) is 0 Å². The molecular formula is C5H8OP+. The molecule has 0 aromatic carbocycles. The van der Waals surface area contributed by atoms with E-state index in [2.05, 4.69) is 6.08 Å². The van der Waals surface area contributed by atoms with Gasteiger partial charge in [-0.2, -0.15) is 0 Å². The van der Waals surface area contributed by atoms with Crippen molar-refractivity contribution in [1.29, 1.82) is 0 Å². The lowest BCUT2D eigenvalue weighted by Crippen LogP contribution is -1.84. The minimum atomic E-state index is -0.828. The summed E-state index contributed by atoms with van der Waals surface area (Å²) in [4.78, 5) is 0. The minimum Gasteiger partial charge on any atom is -0.0802 e. The van der Waals surface area contributed by atoms with Crippen molar-refractivity contribution in [1.82, 2.24) is 0 Å². The molecule has 0 aliphatic carbocycles. The van der Waals surface area contributed by atoms with Crippen molar-refractivity contribution < 1.29 is 4.57 Å². The predicted octanol–water partition coefficient (Wildman–Crippen LogP) is 1.77. The SMILES string of the molecule is O=[P+]1CC=CCC1. The van der Waals surface area contributed by atoms with Gasteiger partial charge in [0, 0.05) is 6.42 Å². The largest absolute Gasteiger partial charge is 0.343 e. The van der Waals surface area contributed by atoms with Gasteiger partial charge in [-0.25, -0.2) is 0 Å². The lowest BCUT2D eigenvalue weighted by atomic mass is 10.4. The molecule has 0 fully saturated rings. The minimum absolute atomic E-state index is 0.815. The maximum Gasteiger partial charge on any atom is 0.343 e. The van der Waals surface area contributed by atoms with Crippen molar-refractivity contribution >= 4 is 7.80 Å². The third-order valence-electron chi connectivity index (χ3n) is 1.02. The van der Waals surface area contributed by atoms with Crippen LogP contribution >= 0.6 is 7.80 Å². The zero-order valence-electron chi connectivity index (χ0n) is 4.13. The van der Waals surface area contributed by atoms with Crippen LogP contribution in [0.3, 0.4) is 0 Å². The van der Waals surface area contributed by atoms with Gasteiger partial charge >= 0.3 is 7.80 Å². The van der Waals surface area contributed by atoms with E-state index in [4.69, 9.17) is 0 Å². The fourth-order valence-electron chi connectivity index (χ4n) is 0.620. The molecule has 0 aromatic heterocycles. The van der Waals surface area contributed by atoms with Crippen molar-refractivity contribution in [3.05, 3.63) is 12.2 Å². The average Bonchev–Trinajstić information content (AvgIpc) is 1.69. The molecule has 38 valence electrons. The van der Waals surface area contributed by atoms with E-state index in [1.54, 1.807) is 0 Å². The fraction of sp³-hybridized carbons (Fsp3) is 0.600. The Bertz CT molecular complexity index is 107. The highest BCUT2D eigenvalue weighted by atomic mass is 31.1. The first-order chi connectivity index (χ1) is 3.39. The first-order valence-electron chi connectivity index (χ1n) is 2.46. The van der Waals surface area contributed by atoms with Gasteiger partial charge in [0.15, 0.2) is 6.16 Å². The molecule has 0 radical (unpaired) electrons. The van der Waals surface area contributed by atoms with Crippen LogP contribution in [0.15, 0.2) is 12.2 Å². The number of hydrogen-bond donors (Lipinski definition) is 0. The van der Waals surface area contributed by atoms with Crippen LogP contribution in [0.4, 0.5) is 0 Å². The van der Waals surface area contributed by atoms with Crippen LogP contribution in [-0.4, -0.2) is 12.3 Å². The maximum atomic E-state index is 10.6. The van der Waals surface area contributed by atoms with E-state index in [1.807, 2.05) is 6.08 Å². The highest BCUT2D eigenvalue weighted by molar-refractivity contribution is 7.44. The molecule has 1 nitrogen and oxygen atoms in total. The van der Waals surface area contributed by atoms with Gasteiger partial charge in [-0.05, 0) is 6.08 Å². The normalized spacial score (nSPS) is 25.4. The Balaban J connectivity index is 2.47. The highest BCUT2D eigenvalue weighted by Gasteiger charge is 2.13. The summed E-state index contributed by atoms with van der Waals surface area (Å²) in [6, 6.07) is 0. The first kappa shape index (κ1) is 4.99. The zero-order valence-corrected chi connectivity index (χ0v) is 5.03. The second-order valence-electron chi connectivity index (χ2n) is 1.65. The molecule has 7 heavy (non-hydrogen) atoms. The van der Waals surface area contributed by atoms with E-state index >= 15 is 0 Å². The van der Waals surface area contributed by atoms with E-state index < -0.39 is 7.80 Å². The van der Waals surface area contributed by atoms with Crippen LogP contribution in [-0.2, 0) is 4.57 Å². The van der Waals surface area contributed by atoms with Gasteiger partial charge in [0.2, 0.25) is 0 Å². The van der Waals surface area contributed by atoms with Gasteiger partial charge in [-0.15, -0.1) is 0 Å². The second-order valence-corrected chi connectivity index (χ2v) is 3.42. The molecule has 0 amide bonds. The molecule has 0 saturated heterocycles. The standard InChI is InChI=1S/C5H8OP/c6-7-4-2-1-3-5-7/h1-2H,3-5H2/q+1. The molecule has 1 heterocycles. The molecule has 0 spiro atoms. The summed E-state index contributed by atoms with van der Waals surface area (Å²) in [5.74, 6) is 0. The summed E-state index contributed by atoms with van der Waals surface area (Å²) in [7, 11) is -0.828. The fourth-order valence-corrected chi connectivity index (χ4v) is 1.62. The third-order valence-corrected chi connectivity index (χ3v) is 2.40. The Kier molecular flexibility index (Phi) is 1.59. The lowest BCUT2D eigenvalue weighted by Gasteiger charge is -1.86. The van der Waals surface area contributed by atoms with E-state index in [1.165, 1.54) is 0 Å². The van der Waals surface area contributed by atoms with Crippen LogP contribution in [0.5, 0.6) is 0 Å². The van der Waals surface area contributed by atoms with Crippen molar-refractivity contribution in [2.45, 2.75) is 6.42 Å². The quantitative estimate of drug-likeness (QED) is 0.347. The Morgan fingerprint density at radius 1 is 1.43 bits per heavy atom. The van der Waals surface area contributed by atoms with E-state index in [0.717, 1.165) is 18.7 Å². The van der Waals surface area contributed by atoms with Crippen molar-refractivity contribution in [3.63, 3.8) is 0 Å². The number of rotatable bonds is 0. The molecular weight excluding hydrogens is 107 g/mol. The summed E-state index contributed by atoms with van der Waals surface area (Å²) < 4.78 is 10.6. The lowest BCUT2D eigenvalue weighted by molar-refractivity contribution is 0.588. The molecule has 0 bridgehead atoms. The smallest absolute Gasteiger partial charge is 0.0802 e. The summed E-state index contributed by atoms with van der Waals surface area (Å²) in [6.45, 7) is 0. The number of hydrogen-bond acceptors (Lipinski definition) is 1. The predicted molar refractivity (Wildman–Crippen MR) is 31.1 cm³/mol. The molecule has 2 heteroatoms. The Labute approximate surface area is 44.2 Å². The topological polar surface area (TPSA) is 17.1 Å². The summed E-state index contributed by atoms with van der Waals surface area (Å²) in [6.07, 6.45) is 6.84. The van der Waals surface area contributed by atoms with Gasteiger partial charge < -0.3 is 0 Å². The van der Waals surface area contributed by atoms with Crippen LogP contribution in [0.2, 0.25) is 0 Å². The van der Waals surface area contributed by atoms with Crippen molar-refractivity contribution in [3.8, 4) is 0 Å². The Morgan fingerprint density at radius 2 is 2.29 bits per heavy atom. The molecule has 1 atom stereocenters. The molecule has 1 unspecified atom stereocenters. The van der Waals surface area contributed by atoms with Crippen LogP contribution < -0.4 is 0 Å². The number of allylic oxidation sites excluding steroid dienone is 2. The van der Waals surface area contributed by atoms with Crippen LogP contribution in [0.25, 0.3) is 0 Å². The van der Waals surface area contributed by atoms with Crippen molar-refractivity contribution in [2.75, 3.05) is 12.3 Å². The van der Waals surface area contributed by atoms with Gasteiger partial charge in [0.05, 0.1) is 0 Å². The summed E-state index contributed by atoms with van der Waals surface area (Å²) in [5, 5.41) is 0. The van der Waals surface area contributed by atoms with Crippen LogP contribution in [0.1, 0.15) is 6.42 Å². The maximum absolute atomic E-state index is 10.6. The highest BCUT2D eigenvalue weighted by Crippen LogP contribution is 2.24.